The molecule has 1 aliphatic rings. The average Bonchev–Trinajstić information content (AvgIpc) is 2.84. The molecule has 6 nitrogen and oxygen atoms in total. The van der Waals surface area contributed by atoms with Gasteiger partial charge in [-0.3, -0.25) is 9.59 Å². The zero-order valence-corrected chi connectivity index (χ0v) is 12.5. The minimum absolute atomic E-state index is 0.0709. The molecule has 0 atom stereocenters. The second-order valence-corrected chi connectivity index (χ2v) is 5.87. The van der Waals surface area contributed by atoms with Gasteiger partial charge in [-0.1, -0.05) is 20.8 Å². The Labute approximate surface area is 123 Å². The third kappa shape index (κ3) is 4.11. The molecule has 0 aromatic heterocycles. The summed E-state index contributed by atoms with van der Waals surface area (Å²) in [6, 6.07) is 5.21. The SMILES string of the molecule is CC(C)(C)C(=O)NCCC(=O)Nc1ccc2c(c1)OCO2. The lowest BCUT2D eigenvalue weighted by Gasteiger charge is -2.17. The number of hydrogen-bond donors (Lipinski definition) is 2. The van der Waals surface area contributed by atoms with E-state index in [2.05, 4.69) is 10.6 Å². The smallest absolute Gasteiger partial charge is 0.231 e. The Morgan fingerprint density at radius 3 is 2.62 bits per heavy atom. The van der Waals surface area contributed by atoms with E-state index in [4.69, 9.17) is 9.47 Å². The van der Waals surface area contributed by atoms with E-state index in [1.165, 1.54) is 0 Å². The van der Waals surface area contributed by atoms with Crippen LogP contribution in [0.1, 0.15) is 27.2 Å². The molecule has 0 spiro atoms. The van der Waals surface area contributed by atoms with Crippen molar-refractivity contribution in [3.8, 4) is 11.5 Å². The molecule has 0 bridgehead atoms. The van der Waals surface area contributed by atoms with Gasteiger partial charge in [-0.05, 0) is 12.1 Å². The maximum absolute atomic E-state index is 11.8. The van der Waals surface area contributed by atoms with Gasteiger partial charge in [-0.2, -0.15) is 0 Å². The highest BCUT2D eigenvalue weighted by molar-refractivity contribution is 5.91. The van der Waals surface area contributed by atoms with Gasteiger partial charge in [0.1, 0.15) is 0 Å². The Morgan fingerprint density at radius 2 is 1.90 bits per heavy atom. The summed E-state index contributed by atoms with van der Waals surface area (Å²) in [6.45, 7) is 6.00. The van der Waals surface area contributed by atoms with Crippen LogP contribution in [0, 0.1) is 5.41 Å². The maximum Gasteiger partial charge on any atom is 0.231 e. The van der Waals surface area contributed by atoms with Crippen LogP contribution >= 0.6 is 0 Å². The molecule has 2 rings (SSSR count). The number of rotatable bonds is 4. The first kappa shape index (κ1) is 15.2. The van der Waals surface area contributed by atoms with Gasteiger partial charge in [0, 0.05) is 30.1 Å². The van der Waals surface area contributed by atoms with Gasteiger partial charge in [0.15, 0.2) is 11.5 Å². The van der Waals surface area contributed by atoms with Crippen molar-refractivity contribution in [3.63, 3.8) is 0 Å². The monoisotopic (exact) mass is 292 g/mol. The predicted octanol–water partition coefficient (Wildman–Crippen LogP) is 1.91. The Bertz CT molecular complexity index is 549. The van der Waals surface area contributed by atoms with Gasteiger partial charge in [0.2, 0.25) is 18.6 Å². The van der Waals surface area contributed by atoms with Gasteiger partial charge in [0.05, 0.1) is 0 Å². The summed E-state index contributed by atoms with van der Waals surface area (Å²) in [5.41, 5.74) is 0.194. The molecular weight excluding hydrogens is 272 g/mol. The van der Waals surface area contributed by atoms with Gasteiger partial charge >= 0.3 is 0 Å². The lowest BCUT2D eigenvalue weighted by molar-refractivity contribution is -0.128. The van der Waals surface area contributed by atoms with Crippen molar-refractivity contribution in [3.05, 3.63) is 18.2 Å². The number of carbonyl (C=O) groups excluding carboxylic acids is 2. The first-order valence-corrected chi connectivity index (χ1v) is 6.84. The molecule has 0 saturated heterocycles. The summed E-state index contributed by atoms with van der Waals surface area (Å²) < 4.78 is 10.4. The van der Waals surface area contributed by atoms with E-state index >= 15 is 0 Å². The van der Waals surface area contributed by atoms with Crippen LogP contribution in [0.5, 0.6) is 11.5 Å². The maximum atomic E-state index is 11.8. The molecule has 0 fully saturated rings. The Morgan fingerprint density at radius 1 is 1.19 bits per heavy atom. The van der Waals surface area contributed by atoms with E-state index in [0.29, 0.717) is 23.7 Å². The van der Waals surface area contributed by atoms with Crippen molar-refractivity contribution in [1.82, 2.24) is 5.32 Å². The molecule has 6 heteroatoms. The zero-order valence-electron chi connectivity index (χ0n) is 12.5. The normalized spacial score (nSPS) is 12.9. The standard InChI is InChI=1S/C15H20N2O4/c1-15(2,3)14(19)16-7-6-13(18)17-10-4-5-11-12(8-10)21-9-20-11/h4-5,8H,6-7,9H2,1-3H3,(H,16,19)(H,17,18). The number of carbonyl (C=O) groups is 2. The van der Waals surface area contributed by atoms with E-state index in [1.807, 2.05) is 20.8 Å². The topological polar surface area (TPSA) is 76.7 Å². The summed E-state index contributed by atoms with van der Waals surface area (Å²) in [4.78, 5) is 23.5. The molecule has 2 amide bonds. The third-order valence-corrected chi connectivity index (χ3v) is 2.98. The minimum atomic E-state index is -0.451. The lowest BCUT2D eigenvalue weighted by atomic mass is 9.96. The van der Waals surface area contributed by atoms with E-state index in [1.54, 1.807) is 18.2 Å². The zero-order chi connectivity index (χ0) is 15.5. The molecule has 2 N–H and O–H groups in total. The summed E-state index contributed by atoms with van der Waals surface area (Å²) in [5.74, 6) is 1.06. The van der Waals surface area contributed by atoms with Crippen molar-refractivity contribution in [2.45, 2.75) is 27.2 Å². The molecule has 0 radical (unpaired) electrons. The molecule has 0 aliphatic carbocycles. The molecule has 1 aromatic rings. The first-order chi connectivity index (χ1) is 9.86. The fourth-order valence-corrected chi connectivity index (χ4v) is 1.75. The van der Waals surface area contributed by atoms with Crippen LogP contribution in [0.3, 0.4) is 0 Å². The summed E-state index contributed by atoms with van der Waals surface area (Å²) in [7, 11) is 0. The van der Waals surface area contributed by atoms with Crippen LogP contribution < -0.4 is 20.1 Å². The first-order valence-electron chi connectivity index (χ1n) is 6.84. The second-order valence-electron chi connectivity index (χ2n) is 5.87. The van der Waals surface area contributed by atoms with E-state index in [-0.39, 0.29) is 25.0 Å². The number of amides is 2. The molecule has 0 unspecified atom stereocenters. The van der Waals surface area contributed by atoms with Crippen LogP contribution in [-0.4, -0.2) is 25.2 Å². The largest absolute Gasteiger partial charge is 0.454 e. The Balaban J connectivity index is 1.79. The van der Waals surface area contributed by atoms with Crippen LogP contribution in [0.2, 0.25) is 0 Å². The molecule has 1 heterocycles. The number of nitrogens with one attached hydrogen (secondary N) is 2. The minimum Gasteiger partial charge on any atom is -0.454 e. The van der Waals surface area contributed by atoms with Crippen molar-refractivity contribution in [1.29, 1.82) is 0 Å². The number of ether oxygens (including phenoxy) is 2. The number of fused-ring (bicyclic) bond motifs is 1. The van der Waals surface area contributed by atoms with Gasteiger partial charge < -0.3 is 20.1 Å². The van der Waals surface area contributed by atoms with Crippen molar-refractivity contribution < 1.29 is 19.1 Å². The molecule has 0 saturated carbocycles. The van der Waals surface area contributed by atoms with Crippen LogP contribution in [0.25, 0.3) is 0 Å². The van der Waals surface area contributed by atoms with Gasteiger partial charge in [-0.25, -0.2) is 0 Å². The summed E-state index contributed by atoms with van der Waals surface area (Å²) in [6.07, 6.45) is 0.219. The highest BCUT2D eigenvalue weighted by atomic mass is 16.7. The lowest BCUT2D eigenvalue weighted by Crippen LogP contribution is -2.36. The van der Waals surface area contributed by atoms with Crippen molar-refractivity contribution in [2.24, 2.45) is 5.41 Å². The third-order valence-electron chi connectivity index (χ3n) is 2.98. The van der Waals surface area contributed by atoms with E-state index < -0.39 is 5.41 Å². The van der Waals surface area contributed by atoms with E-state index in [0.717, 1.165) is 0 Å². The highest BCUT2D eigenvalue weighted by Crippen LogP contribution is 2.34. The van der Waals surface area contributed by atoms with Crippen LogP contribution in [0.4, 0.5) is 5.69 Å². The summed E-state index contributed by atoms with van der Waals surface area (Å²) >= 11 is 0. The summed E-state index contributed by atoms with van der Waals surface area (Å²) in [5, 5.41) is 5.49. The molecule has 21 heavy (non-hydrogen) atoms. The van der Waals surface area contributed by atoms with Gasteiger partial charge in [-0.15, -0.1) is 0 Å². The number of anilines is 1. The molecule has 1 aromatic carbocycles. The Hall–Kier alpha value is -2.24. The molecular formula is C15H20N2O4. The number of hydrogen-bond acceptors (Lipinski definition) is 4. The van der Waals surface area contributed by atoms with E-state index in [9.17, 15) is 9.59 Å². The van der Waals surface area contributed by atoms with Gasteiger partial charge in [0.25, 0.3) is 0 Å². The Kier molecular flexibility index (Phi) is 4.35. The average molecular weight is 292 g/mol. The second kappa shape index (κ2) is 6.03. The fourth-order valence-electron chi connectivity index (χ4n) is 1.75. The van der Waals surface area contributed by atoms with Crippen molar-refractivity contribution in [2.75, 3.05) is 18.7 Å². The number of benzene rings is 1. The quantitative estimate of drug-likeness (QED) is 0.888. The molecule has 114 valence electrons. The van der Waals surface area contributed by atoms with Crippen LogP contribution in [-0.2, 0) is 9.59 Å². The molecule has 1 aliphatic heterocycles. The fraction of sp³-hybridized carbons (Fsp3) is 0.467. The highest BCUT2D eigenvalue weighted by Gasteiger charge is 2.20. The van der Waals surface area contributed by atoms with Crippen molar-refractivity contribution >= 4 is 17.5 Å². The predicted molar refractivity (Wildman–Crippen MR) is 78.3 cm³/mol. The van der Waals surface area contributed by atoms with Crippen LogP contribution in [0.15, 0.2) is 18.2 Å².